The molecule has 0 aliphatic rings. The van der Waals surface area contributed by atoms with Crippen molar-refractivity contribution in [3.05, 3.63) is 54.0 Å². The third-order valence-corrected chi connectivity index (χ3v) is 4.29. The minimum Gasteiger partial charge on any atom is -0.439 e. The van der Waals surface area contributed by atoms with Crippen LogP contribution in [-0.2, 0) is 6.54 Å². The highest BCUT2D eigenvalue weighted by Crippen LogP contribution is 2.23. The van der Waals surface area contributed by atoms with Crippen molar-refractivity contribution in [3.63, 3.8) is 0 Å². The molecule has 2 rings (SSSR count). The molecule has 0 fully saturated rings. The highest BCUT2D eigenvalue weighted by molar-refractivity contribution is 5.73. The van der Waals surface area contributed by atoms with Gasteiger partial charge in [0.15, 0.2) is 0 Å². The molecule has 2 amide bonds. The van der Waals surface area contributed by atoms with Crippen LogP contribution in [0, 0.1) is 5.82 Å². The fourth-order valence-electron chi connectivity index (χ4n) is 2.75. The molecule has 0 spiro atoms. The van der Waals surface area contributed by atoms with Crippen LogP contribution in [-0.4, -0.2) is 41.6 Å². The second kappa shape index (κ2) is 10.5. The Balaban J connectivity index is 1.89. The van der Waals surface area contributed by atoms with Gasteiger partial charge in [-0.15, -0.1) is 0 Å². The molecule has 0 radical (unpaired) electrons. The predicted molar refractivity (Wildman–Crippen MR) is 103 cm³/mol. The van der Waals surface area contributed by atoms with Gasteiger partial charge in [0.25, 0.3) is 0 Å². The molecule has 1 heterocycles. The number of likely N-dealkylation sites (N-methyl/N-ethyl adjacent to an activating group) is 1. The maximum Gasteiger partial charge on any atom is 0.315 e. The third-order valence-electron chi connectivity index (χ3n) is 4.29. The van der Waals surface area contributed by atoms with Crippen LogP contribution in [0.2, 0.25) is 0 Å². The summed E-state index contributed by atoms with van der Waals surface area (Å²) >= 11 is 0. The first kappa shape index (κ1) is 20.6. The number of urea groups is 1. The van der Waals surface area contributed by atoms with Gasteiger partial charge in [0.2, 0.25) is 5.88 Å². The highest BCUT2D eigenvalue weighted by atomic mass is 19.1. The topological polar surface area (TPSA) is 66.5 Å². The molecule has 1 atom stereocenters. The summed E-state index contributed by atoms with van der Waals surface area (Å²) in [6.45, 7) is 8.98. The smallest absolute Gasteiger partial charge is 0.315 e. The average Bonchev–Trinajstić information content (AvgIpc) is 2.66. The fourth-order valence-corrected chi connectivity index (χ4v) is 2.75. The Morgan fingerprint density at radius 1 is 1.22 bits per heavy atom. The monoisotopic (exact) mass is 374 g/mol. The number of nitrogens with one attached hydrogen (secondary N) is 2. The number of benzene rings is 1. The first-order valence-corrected chi connectivity index (χ1v) is 9.16. The van der Waals surface area contributed by atoms with Gasteiger partial charge in [-0.05, 0) is 38.2 Å². The quantitative estimate of drug-likeness (QED) is 0.705. The minimum absolute atomic E-state index is 0.254. The maximum absolute atomic E-state index is 13.3. The summed E-state index contributed by atoms with van der Waals surface area (Å²) in [6.07, 6.45) is 1.59. The minimum atomic E-state index is -0.384. The zero-order valence-electron chi connectivity index (χ0n) is 16.0. The van der Waals surface area contributed by atoms with E-state index < -0.39 is 0 Å². The van der Waals surface area contributed by atoms with Crippen molar-refractivity contribution in [1.82, 2.24) is 20.5 Å². The van der Waals surface area contributed by atoms with Crippen molar-refractivity contribution in [3.8, 4) is 11.6 Å². The number of nitrogens with zero attached hydrogens (tertiary/aromatic N) is 2. The van der Waals surface area contributed by atoms with Crippen LogP contribution in [0.1, 0.15) is 26.3 Å². The molecule has 146 valence electrons. The zero-order chi connectivity index (χ0) is 19.6. The van der Waals surface area contributed by atoms with Gasteiger partial charge in [-0.1, -0.05) is 26.0 Å². The van der Waals surface area contributed by atoms with Crippen LogP contribution in [0.5, 0.6) is 11.6 Å². The SMILES string of the molecule is CCN(CC)C(C)CNC(=O)NCc1cccnc1Oc1cccc(F)c1. The van der Waals surface area contributed by atoms with E-state index in [4.69, 9.17) is 4.74 Å². The lowest BCUT2D eigenvalue weighted by Gasteiger charge is -2.26. The van der Waals surface area contributed by atoms with Gasteiger partial charge in [-0.3, -0.25) is 4.90 Å². The van der Waals surface area contributed by atoms with Gasteiger partial charge in [-0.2, -0.15) is 0 Å². The number of ether oxygens (including phenoxy) is 1. The van der Waals surface area contributed by atoms with Gasteiger partial charge in [0.1, 0.15) is 11.6 Å². The van der Waals surface area contributed by atoms with Crippen LogP contribution in [0.25, 0.3) is 0 Å². The van der Waals surface area contributed by atoms with Gasteiger partial charge in [-0.25, -0.2) is 14.2 Å². The van der Waals surface area contributed by atoms with Crippen molar-refractivity contribution in [2.75, 3.05) is 19.6 Å². The number of carbonyl (C=O) groups excluding carboxylic acids is 1. The summed E-state index contributed by atoms with van der Waals surface area (Å²) in [6, 6.07) is 9.41. The molecule has 0 aliphatic heterocycles. The standard InChI is InChI=1S/C20H27FN4O2/c1-4-25(5-2)15(3)13-23-20(26)24-14-16-8-7-11-22-19(16)27-18-10-6-9-17(21)12-18/h6-12,15H,4-5,13-14H2,1-3H3,(H2,23,24,26). The van der Waals surface area contributed by atoms with Crippen LogP contribution in [0.3, 0.4) is 0 Å². The van der Waals surface area contributed by atoms with E-state index in [-0.39, 0.29) is 24.4 Å². The Labute approximate surface area is 159 Å². The molecule has 1 unspecified atom stereocenters. The molecule has 0 saturated carbocycles. The number of hydrogen-bond acceptors (Lipinski definition) is 4. The van der Waals surface area contributed by atoms with E-state index in [1.54, 1.807) is 30.5 Å². The molecular weight excluding hydrogens is 347 g/mol. The van der Waals surface area contributed by atoms with E-state index >= 15 is 0 Å². The first-order chi connectivity index (χ1) is 13.0. The summed E-state index contributed by atoms with van der Waals surface area (Å²) in [5.74, 6) is 0.303. The largest absolute Gasteiger partial charge is 0.439 e. The molecule has 0 aliphatic carbocycles. The molecule has 7 heteroatoms. The lowest BCUT2D eigenvalue weighted by Crippen LogP contribution is -2.45. The van der Waals surface area contributed by atoms with Crippen LogP contribution in [0.15, 0.2) is 42.6 Å². The van der Waals surface area contributed by atoms with Gasteiger partial charge in [0, 0.05) is 37.0 Å². The van der Waals surface area contributed by atoms with E-state index in [1.807, 2.05) is 0 Å². The number of amides is 2. The normalized spacial score (nSPS) is 11.9. The van der Waals surface area contributed by atoms with E-state index in [0.717, 1.165) is 13.1 Å². The molecule has 1 aromatic carbocycles. The van der Waals surface area contributed by atoms with Gasteiger partial charge < -0.3 is 15.4 Å². The second-order valence-corrected chi connectivity index (χ2v) is 6.16. The molecular formula is C20H27FN4O2. The Kier molecular flexibility index (Phi) is 8.00. The van der Waals surface area contributed by atoms with Crippen LogP contribution in [0.4, 0.5) is 9.18 Å². The first-order valence-electron chi connectivity index (χ1n) is 9.16. The number of hydrogen-bond donors (Lipinski definition) is 2. The van der Waals surface area contributed by atoms with Crippen molar-refractivity contribution in [2.45, 2.75) is 33.4 Å². The number of carbonyl (C=O) groups is 1. The third kappa shape index (κ3) is 6.53. The molecule has 2 N–H and O–H groups in total. The molecule has 27 heavy (non-hydrogen) atoms. The second-order valence-electron chi connectivity index (χ2n) is 6.16. The lowest BCUT2D eigenvalue weighted by molar-refractivity contribution is 0.214. The van der Waals surface area contributed by atoms with Crippen molar-refractivity contribution >= 4 is 6.03 Å². The van der Waals surface area contributed by atoms with Crippen molar-refractivity contribution in [1.29, 1.82) is 0 Å². The Morgan fingerprint density at radius 2 is 2.00 bits per heavy atom. The molecule has 0 bridgehead atoms. The average molecular weight is 374 g/mol. The van der Waals surface area contributed by atoms with Crippen LogP contribution < -0.4 is 15.4 Å². The van der Waals surface area contributed by atoms with E-state index in [9.17, 15) is 9.18 Å². The molecule has 1 aromatic heterocycles. The van der Waals surface area contributed by atoms with Crippen LogP contribution >= 0.6 is 0 Å². The predicted octanol–water partition coefficient (Wildman–Crippen LogP) is 3.54. The van der Waals surface area contributed by atoms with E-state index in [2.05, 4.69) is 41.3 Å². The lowest BCUT2D eigenvalue weighted by atomic mass is 10.2. The summed E-state index contributed by atoms with van der Waals surface area (Å²) in [4.78, 5) is 18.5. The number of pyridine rings is 1. The van der Waals surface area contributed by atoms with Crippen molar-refractivity contribution in [2.24, 2.45) is 0 Å². The molecule has 0 saturated heterocycles. The van der Waals surface area contributed by atoms with Gasteiger partial charge >= 0.3 is 6.03 Å². The van der Waals surface area contributed by atoms with Gasteiger partial charge in [0.05, 0.1) is 0 Å². The maximum atomic E-state index is 13.3. The number of rotatable bonds is 9. The Hall–Kier alpha value is -2.67. The summed E-state index contributed by atoms with van der Waals surface area (Å²) in [5.41, 5.74) is 0.703. The van der Waals surface area contributed by atoms with E-state index in [0.29, 0.717) is 23.7 Å². The zero-order valence-corrected chi connectivity index (χ0v) is 16.0. The summed E-state index contributed by atoms with van der Waals surface area (Å²) < 4.78 is 19.0. The number of aromatic nitrogens is 1. The number of halogens is 1. The van der Waals surface area contributed by atoms with E-state index in [1.165, 1.54) is 12.1 Å². The Bertz CT molecular complexity index is 737. The fraction of sp³-hybridized carbons (Fsp3) is 0.400. The van der Waals surface area contributed by atoms with Crippen molar-refractivity contribution < 1.29 is 13.9 Å². The Morgan fingerprint density at radius 3 is 2.70 bits per heavy atom. The molecule has 2 aromatic rings. The molecule has 6 nitrogen and oxygen atoms in total. The summed E-state index contributed by atoms with van der Waals surface area (Å²) in [5, 5.41) is 5.68. The highest BCUT2D eigenvalue weighted by Gasteiger charge is 2.12. The summed E-state index contributed by atoms with van der Waals surface area (Å²) in [7, 11) is 0.